The van der Waals surface area contributed by atoms with Gasteiger partial charge in [0.05, 0.1) is 12.6 Å². The maximum absolute atomic E-state index is 13.4. The van der Waals surface area contributed by atoms with Gasteiger partial charge < -0.3 is 37.4 Å². The summed E-state index contributed by atoms with van der Waals surface area (Å²) in [5.41, 5.74) is 6.50. The summed E-state index contributed by atoms with van der Waals surface area (Å²) in [6.07, 6.45) is 3.00. The van der Waals surface area contributed by atoms with E-state index in [4.69, 9.17) is 5.73 Å². The molecule has 0 aliphatic heterocycles. The zero-order chi connectivity index (χ0) is 34.1. The molecular weight excluding hydrogens is 600 g/mol. The highest BCUT2D eigenvalue weighted by Gasteiger charge is 2.31. The van der Waals surface area contributed by atoms with Crippen LogP contribution in [-0.2, 0) is 35.2 Å². The van der Waals surface area contributed by atoms with Crippen molar-refractivity contribution >= 4 is 47.3 Å². The molecule has 8 N–H and O–H groups in total. The molecule has 0 bridgehead atoms. The number of aliphatic carboxylic acids is 1. The molecule has 13 nitrogen and oxygen atoms in total. The van der Waals surface area contributed by atoms with E-state index >= 15 is 0 Å². The van der Waals surface area contributed by atoms with E-state index in [2.05, 4.69) is 26.6 Å². The van der Waals surface area contributed by atoms with Gasteiger partial charge in [-0.1, -0.05) is 64.4 Å². The minimum absolute atomic E-state index is 0.00157. The van der Waals surface area contributed by atoms with Crippen LogP contribution in [0.1, 0.15) is 59.4 Å². The molecule has 252 valence electrons. The number of rotatable bonds is 20. The lowest BCUT2D eigenvalue weighted by atomic mass is 9.97. The Labute approximate surface area is 270 Å². The standard InChI is InChI=1S/C31H50N6O7S/c1-7-19(4)26(37-29(41)24(36-27(39)20(5)32)16-21-11-9-8-10-12-21)30(42)33-17-25(38)34-23(15-18(2)3)28(40)35-22(31(43)44)13-14-45-6/h8-12,18-20,22-24,26H,7,13-17,32H2,1-6H3,(H,33,42)(H,34,38)(H,35,40)(H,36,39)(H,37,41)(H,43,44)/t19-,20-,22-,23-,24-,26-/m0/s1. The maximum atomic E-state index is 13.4. The summed E-state index contributed by atoms with van der Waals surface area (Å²) in [7, 11) is 0. The second-order valence-corrected chi connectivity index (χ2v) is 12.5. The number of carbonyl (C=O) groups is 6. The van der Waals surface area contributed by atoms with Gasteiger partial charge in [-0.3, -0.25) is 24.0 Å². The number of thioether (sulfide) groups is 1. The van der Waals surface area contributed by atoms with Gasteiger partial charge in [-0.15, -0.1) is 0 Å². The predicted octanol–water partition coefficient (Wildman–Crippen LogP) is 0.562. The van der Waals surface area contributed by atoms with E-state index in [9.17, 15) is 33.9 Å². The van der Waals surface area contributed by atoms with E-state index in [1.807, 2.05) is 57.4 Å². The fourth-order valence-electron chi connectivity index (χ4n) is 4.31. The smallest absolute Gasteiger partial charge is 0.326 e. The van der Waals surface area contributed by atoms with Crippen molar-refractivity contribution in [3.63, 3.8) is 0 Å². The Morgan fingerprint density at radius 2 is 1.42 bits per heavy atom. The molecule has 0 spiro atoms. The van der Waals surface area contributed by atoms with Gasteiger partial charge in [0.2, 0.25) is 29.5 Å². The van der Waals surface area contributed by atoms with Gasteiger partial charge >= 0.3 is 5.97 Å². The highest BCUT2D eigenvalue weighted by Crippen LogP contribution is 2.11. The summed E-state index contributed by atoms with van der Waals surface area (Å²) in [6, 6.07) is 4.09. The Bertz CT molecular complexity index is 1130. The highest BCUT2D eigenvalue weighted by molar-refractivity contribution is 7.98. The third-order valence-corrected chi connectivity index (χ3v) is 7.77. The molecule has 0 unspecified atom stereocenters. The number of amides is 5. The van der Waals surface area contributed by atoms with Crippen molar-refractivity contribution in [2.45, 2.75) is 90.5 Å². The zero-order valence-electron chi connectivity index (χ0n) is 27.1. The number of benzene rings is 1. The molecule has 0 aliphatic rings. The van der Waals surface area contributed by atoms with Crippen LogP contribution in [-0.4, -0.2) is 89.4 Å². The molecule has 0 heterocycles. The van der Waals surface area contributed by atoms with Gasteiger partial charge in [-0.2, -0.15) is 11.8 Å². The lowest BCUT2D eigenvalue weighted by Crippen LogP contribution is -2.58. The molecule has 5 amide bonds. The molecule has 45 heavy (non-hydrogen) atoms. The van der Waals surface area contributed by atoms with Gasteiger partial charge in [0.15, 0.2) is 0 Å². The summed E-state index contributed by atoms with van der Waals surface area (Å²) in [6.45, 7) is 8.36. The summed E-state index contributed by atoms with van der Waals surface area (Å²) in [5.74, 6) is -3.95. The largest absolute Gasteiger partial charge is 0.480 e. The fourth-order valence-corrected chi connectivity index (χ4v) is 4.78. The van der Waals surface area contributed by atoms with Crippen molar-refractivity contribution in [1.29, 1.82) is 0 Å². The van der Waals surface area contributed by atoms with E-state index in [0.717, 1.165) is 5.56 Å². The van der Waals surface area contributed by atoms with Gasteiger partial charge in [0, 0.05) is 6.42 Å². The van der Waals surface area contributed by atoms with Crippen LogP contribution >= 0.6 is 11.8 Å². The normalized spacial score (nSPS) is 15.0. The first-order valence-electron chi connectivity index (χ1n) is 15.2. The van der Waals surface area contributed by atoms with Crippen molar-refractivity contribution < 1.29 is 33.9 Å². The van der Waals surface area contributed by atoms with Crippen LogP contribution in [0.15, 0.2) is 30.3 Å². The first-order valence-corrected chi connectivity index (χ1v) is 16.6. The Balaban J connectivity index is 2.97. The molecule has 6 atom stereocenters. The molecule has 0 aromatic heterocycles. The van der Waals surface area contributed by atoms with Crippen molar-refractivity contribution in [1.82, 2.24) is 26.6 Å². The molecule has 0 aliphatic carbocycles. The van der Waals surface area contributed by atoms with E-state index in [0.29, 0.717) is 12.2 Å². The van der Waals surface area contributed by atoms with Gasteiger partial charge in [-0.05, 0) is 49.2 Å². The predicted molar refractivity (Wildman–Crippen MR) is 174 cm³/mol. The summed E-state index contributed by atoms with van der Waals surface area (Å²) in [4.78, 5) is 76.4. The monoisotopic (exact) mass is 650 g/mol. The zero-order valence-corrected chi connectivity index (χ0v) is 27.9. The number of carboxylic acids is 1. The lowest BCUT2D eigenvalue weighted by molar-refractivity contribution is -0.142. The van der Waals surface area contributed by atoms with Gasteiger partial charge in [0.1, 0.15) is 24.2 Å². The van der Waals surface area contributed by atoms with Gasteiger partial charge in [0.25, 0.3) is 0 Å². The minimum Gasteiger partial charge on any atom is -0.480 e. The molecule has 0 fully saturated rings. The summed E-state index contributed by atoms with van der Waals surface area (Å²) in [5, 5.41) is 22.5. The van der Waals surface area contributed by atoms with Gasteiger partial charge in [-0.25, -0.2) is 4.79 Å². The van der Waals surface area contributed by atoms with Crippen LogP contribution in [0.5, 0.6) is 0 Å². The SMILES string of the molecule is CC[C@H](C)[C@H](NC(=O)[C@H](Cc1ccccc1)NC(=O)[C@H](C)N)C(=O)NCC(=O)N[C@@H](CC(C)C)C(=O)N[C@@H](CCSC)C(=O)O. The first-order chi connectivity index (χ1) is 21.2. The number of nitrogens with one attached hydrogen (secondary N) is 5. The van der Waals surface area contributed by atoms with E-state index in [-0.39, 0.29) is 31.1 Å². The minimum atomic E-state index is -1.17. The van der Waals surface area contributed by atoms with Crippen molar-refractivity contribution in [2.75, 3.05) is 18.6 Å². The van der Waals surface area contributed by atoms with Crippen molar-refractivity contribution in [3.8, 4) is 0 Å². The fraction of sp³-hybridized carbons (Fsp3) is 0.613. The second kappa shape index (κ2) is 20.4. The average molecular weight is 651 g/mol. The van der Waals surface area contributed by atoms with Crippen molar-refractivity contribution in [3.05, 3.63) is 35.9 Å². The molecule has 1 rings (SSSR count). The number of nitrogens with two attached hydrogens (primary N) is 1. The van der Waals surface area contributed by atoms with Crippen LogP contribution in [0, 0.1) is 11.8 Å². The third-order valence-electron chi connectivity index (χ3n) is 7.13. The number of hydrogen-bond acceptors (Lipinski definition) is 8. The van der Waals surface area contributed by atoms with Crippen LogP contribution in [0.2, 0.25) is 0 Å². The molecule has 0 saturated heterocycles. The van der Waals surface area contributed by atoms with Crippen LogP contribution < -0.4 is 32.3 Å². The number of hydrogen-bond donors (Lipinski definition) is 7. The molecule has 14 heteroatoms. The maximum Gasteiger partial charge on any atom is 0.326 e. The second-order valence-electron chi connectivity index (χ2n) is 11.6. The molecular formula is C31H50N6O7S. The third kappa shape index (κ3) is 14.8. The van der Waals surface area contributed by atoms with E-state index < -0.39 is 72.3 Å². The van der Waals surface area contributed by atoms with Crippen LogP contribution in [0.4, 0.5) is 0 Å². The quantitative estimate of drug-likeness (QED) is 0.105. The van der Waals surface area contributed by atoms with E-state index in [1.54, 1.807) is 6.92 Å². The first kappa shape index (κ1) is 39.4. The summed E-state index contributed by atoms with van der Waals surface area (Å²) >= 11 is 1.45. The highest BCUT2D eigenvalue weighted by atomic mass is 32.2. The van der Waals surface area contributed by atoms with Crippen LogP contribution in [0.25, 0.3) is 0 Å². The Hall–Kier alpha value is -3.65. The average Bonchev–Trinajstić information content (AvgIpc) is 2.99. The topological polar surface area (TPSA) is 209 Å². The lowest BCUT2D eigenvalue weighted by Gasteiger charge is -2.27. The number of carboxylic acid groups (broad SMARTS) is 1. The Morgan fingerprint density at radius 3 is 1.96 bits per heavy atom. The molecule has 1 aromatic carbocycles. The Kier molecular flexibility index (Phi) is 17.8. The van der Waals surface area contributed by atoms with Crippen LogP contribution in [0.3, 0.4) is 0 Å². The molecule has 0 radical (unpaired) electrons. The molecule has 0 saturated carbocycles. The summed E-state index contributed by atoms with van der Waals surface area (Å²) < 4.78 is 0. The Morgan fingerprint density at radius 1 is 0.822 bits per heavy atom. The van der Waals surface area contributed by atoms with Crippen molar-refractivity contribution in [2.24, 2.45) is 17.6 Å². The number of carbonyl (C=O) groups excluding carboxylic acids is 5. The molecule has 1 aromatic rings. The van der Waals surface area contributed by atoms with E-state index in [1.165, 1.54) is 18.7 Å².